The van der Waals surface area contributed by atoms with Gasteiger partial charge in [-0.05, 0) is 24.3 Å². The summed E-state index contributed by atoms with van der Waals surface area (Å²) in [5, 5.41) is 2.56. The summed E-state index contributed by atoms with van der Waals surface area (Å²) in [6, 6.07) is 6.04. The highest BCUT2D eigenvalue weighted by Crippen LogP contribution is 2.30. The molecule has 2 fully saturated rings. The fourth-order valence-corrected chi connectivity index (χ4v) is 3.55. The Morgan fingerprint density at radius 2 is 1.74 bits per heavy atom. The molecule has 0 aliphatic carbocycles. The molecule has 2 aliphatic rings. The zero-order chi connectivity index (χ0) is 21.8. The highest BCUT2D eigenvalue weighted by Gasteiger charge is 2.31. The van der Waals surface area contributed by atoms with Crippen LogP contribution in [0, 0.1) is 0 Å². The van der Waals surface area contributed by atoms with Gasteiger partial charge in [0.25, 0.3) is 0 Å². The van der Waals surface area contributed by atoms with E-state index in [0.29, 0.717) is 45.3 Å². The first-order chi connectivity index (χ1) is 14.9. The molecule has 2 saturated heterocycles. The van der Waals surface area contributed by atoms with Crippen molar-refractivity contribution in [2.24, 2.45) is 0 Å². The average Bonchev–Trinajstić information content (AvgIpc) is 2.79. The maximum absolute atomic E-state index is 12.9. The smallest absolute Gasteiger partial charge is 0.378 e. The Hall–Kier alpha value is -3.08. The number of rotatable bonds is 3. The van der Waals surface area contributed by atoms with E-state index in [4.69, 9.17) is 4.74 Å². The summed E-state index contributed by atoms with van der Waals surface area (Å²) in [7, 11) is 0. The first-order valence-corrected chi connectivity index (χ1v) is 10.0. The van der Waals surface area contributed by atoms with Gasteiger partial charge in [0.1, 0.15) is 5.82 Å². The molecule has 3 heterocycles. The molecule has 2 aliphatic heterocycles. The molecule has 1 aromatic carbocycles. The summed E-state index contributed by atoms with van der Waals surface area (Å²) in [4.78, 5) is 27.2. The minimum atomic E-state index is -4.45. The molecule has 2 aromatic rings. The lowest BCUT2D eigenvalue weighted by atomic mass is 10.2. The minimum Gasteiger partial charge on any atom is -0.378 e. The number of anilines is 3. The van der Waals surface area contributed by atoms with Crippen LogP contribution in [0.25, 0.3) is 0 Å². The number of morpholine rings is 1. The molecule has 0 radical (unpaired) electrons. The van der Waals surface area contributed by atoms with Gasteiger partial charge in [0.05, 0.1) is 18.8 Å². The summed E-state index contributed by atoms with van der Waals surface area (Å²) < 4.78 is 44.0. The number of piperazine rings is 1. The second-order valence-electron chi connectivity index (χ2n) is 7.30. The van der Waals surface area contributed by atoms with Gasteiger partial charge < -0.3 is 24.8 Å². The fraction of sp³-hybridized carbons (Fsp3) is 0.450. The van der Waals surface area contributed by atoms with E-state index in [9.17, 15) is 18.0 Å². The lowest BCUT2D eigenvalue weighted by Crippen LogP contribution is -2.50. The molecule has 1 N–H and O–H groups in total. The Balaban J connectivity index is 1.34. The van der Waals surface area contributed by atoms with Gasteiger partial charge in [-0.1, -0.05) is 6.07 Å². The van der Waals surface area contributed by atoms with Crippen LogP contribution in [-0.4, -0.2) is 73.4 Å². The van der Waals surface area contributed by atoms with Gasteiger partial charge in [0.15, 0.2) is 0 Å². The van der Waals surface area contributed by atoms with E-state index < -0.39 is 17.8 Å². The van der Waals surface area contributed by atoms with Crippen LogP contribution >= 0.6 is 0 Å². The highest BCUT2D eigenvalue weighted by molar-refractivity contribution is 5.89. The van der Waals surface area contributed by atoms with Gasteiger partial charge in [0, 0.05) is 51.2 Å². The zero-order valence-electron chi connectivity index (χ0n) is 16.8. The number of amides is 2. The topological polar surface area (TPSA) is 73.8 Å². The van der Waals surface area contributed by atoms with Gasteiger partial charge in [-0.2, -0.15) is 18.2 Å². The van der Waals surface area contributed by atoms with Crippen LogP contribution in [0.5, 0.6) is 0 Å². The van der Waals surface area contributed by atoms with Gasteiger partial charge in [0.2, 0.25) is 5.95 Å². The molecular weight excluding hydrogens is 413 g/mol. The number of urea groups is 1. The van der Waals surface area contributed by atoms with Crippen LogP contribution < -0.4 is 15.1 Å². The summed E-state index contributed by atoms with van der Waals surface area (Å²) in [6.45, 7) is 4.77. The second-order valence-corrected chi connectivity index (χ2v) is 7.30. The molecular formula is C20H23F3N6O2. The summed E-state index contributed by atoms with van der Waals surface area (Å²) >= 11 is 0. The number of benzene rings is 1. The molecule has 0 bridgehead atoms. The third kappa shape index (κ3) is 5.16. The Kier molecular flexibility index (Phi) is 6.12. The summed E-state index contributed by atoms with van der Waals surface area (Å²) in [5.41, 5.74) is -0.678. The van der Waals surface area contributed by atoms with Crippen molar-refractivity contribution < 1.29 is 22.7 Å². The highest BCUT2D eigenvalue weighted by atomic mass is 19.4. The Bertz CT molecular complexity index is 912. The molecule has 11 heteroatoms. The third-order valence-corrected chi connectivity index (χ3v) is 5.25. The molecule has 0 spiro atoms. The van der Waals surface area contributed by atoms with Gasteiger partial charge >= 0.3 is 12.2 Å². The first kappa shape index (κ1) is 21.2. The lowest BCUT2D eigenvalue weighted by molar-refractivity contribution is -0.137. The summed E-state index contributed by atoms with van der Waals surface area (Å²) in [5.74, 6) is 1.44. The monoisotopic (exact) mass is 436 g/mol. The van der Waals surface area contributed by atoms with E-state index in [1.807, 2.05) is 6.07 Å². The number of aromatic nitrogens is 2. The van der Waals surface area contributed by atoms with Crippen molar-refractivity contribution in [2.45, 2.75) is 6.18 Å². The second kappa shape index (κ2) is 8.96. The van der Waals surface area contributed by atoms with Crippen molar-refractivity contribution in [3.63, 3.8) is 0 Å². The number of hydrogen-bond donors (Lipinski definition) is 1. The normalized spacial score (nSPS) is 17.6. The minimum absolute atomic E-state index is 0.119. The predicted molar refractivity (Wildman–Crippen MR) is 109 cm³/mol. The summed E-state index contributed by atoms with van der Waals surface area (Å²) in [6.07, 6.45) is -2.73. The predicted octanol–water partition coefficient (Wildman–Crippen LogP) is 2.69. The van der Waals surface area contributed by atoms with Crippen molar-refractivity contribution in [3.8, 4) is 0 Å². The standard InChI is InChI=1S/C20H23F3N6O2/c21-20(22,23)15-2-1-3-16(14-15)25-19(30)29-8-6-27(7-9-29)17-4-5-24-18(26-17)28-10-12-31-13-11-28/h1-5,14H,6-13H2,(H,25,30). The van der Waals surface area contributed by atoms with Gasteiger partial charge in [-0.3, -0.25) is 0 Å². The maximum Gasteiger partial charge on any atom is 0.416 e. The van der Waals surface area contributed by atoms with E-state index in [1.54, 1.807) is 11.1 Å². The molecule has 0 saturated carbocycles. The third-order valence-electron chi connectivity index (χ3n) is 5.25. The molecule has 2 amide bonds. The SMILES string of the molecule is O=C(Nc1cccc(C(F)(F)F)c1)N1CCN(c2ccnc(N3CCOCC3)n2)CC1. The number of ether oxygens (including phenoxy) is 1. The molecule has 31 heavy (non-hydrogen) atoms. The van der Waals surface area contributed by atoms with Crippen molar-refractivity contribution in [2.75, 3.05) is 67.6 Å². The largest absolute Gasteiger partial charge is 0.416 e. The lowest BCUT2D eigenvalue weighted by Gasteiger charge is -2.35. The van der Waals surface area contributed by atoms with Crippen LogP contribution in [0.1, 0.15) is 5.56 Å². The van der Waals surface area contributed by atoms with Crippen molar-refractivity contribution in [3.05, 3.63) is 42.1 Å². The molecule has 8 nitrogen and oxygen atoms in total. The maximum atomic E-state index is 12.9. The Morgan fingerprint density at radius 1 is 1.00 bits per heavy atom. The van der Waals surface area contributed by atoms with Crippen molar-refractivity contribution in [1.82, 2.24) is 14.9 Å². The number of alkyl halides is 3. The van der Waals surface area contributed by atoms with Crippen LogP contribution in [0.3, 0.4) is 0 Å². The molecule has 166 valence electrons. The van der Waals surface area contributed by atoms with Crippen LogP contribution in [0.4, 0.5) is 35.4 Å². The van der Waals surface area contributed by atoms with Crippen LogP contribution in [0.15, 0.2) is 36.5 Å². The van der Waals surface area contributed by atoms with E-state index in [0.717, 1.165) is 31.0 Å². The van der Waals surface area contributed by atoms with E-state index in [2.05, 4.69) is 25.1 Å². The number of hydrogen-bond acceptors (Lipinski definition) is 6. The molecule has 4 rings (SSSR count). The van der Waals surface area contributed by atoms with Crippen LogP contribution in [0.2, 0.25) is 0 Å². The van der Waals surface area contributed by atoms with E-state index >= 15 is 0 Å². The number of nitrogens with zero attached hydrogens (tertiary/aromatic N) is 5. The zero-order valence-corrected chi connectivity index (χ0v) is 16.8. The number of carbonyl (C=O) groups excluding carboxylic acids is 1. The molecule has 1 aromatic heterocycles. The van der Waals surface area contributed by atoms with E-state index in [-0.39, 0.29) is 5.69 Å². The number of carbonyl (C=O) groups is 1. The average molecular weight is 436 g/mol. The first-order valence-electron chi connectivity index (χ1n) is 10.0. The van der Waals surface area contributed by atoms with Gasteiger partial charge in [-0.25, -0.2) is 9.78 Å². The fourth-order valence-electron chi connectivity index (χ4n) is 3.55. The number of halogens is 3. The molecule has 0 atom stereocenters. The number of nitrogens with one attached hydrogen (secondary N) is 1. The molecule has 0 unspecified atom stereocenters. The quantitative estimate of drug-likeness (QED) is 0.798. The van der Waals surface area contributed by atoms with Crippen molar-refractivity contribution in [1.29, 1.82) is 0 Å². The Labute approximate surface area is 177 Å². The van der Waals surface area contributed by atoms with E-state index in [1.165, 1.54) is 12.1 Å². The Morgan fingerprint density at radius 3 is 2.45 bits per heavy atom. The van der Waals surface area contributed by atoms with Crippen LogP contribution in [-0.2, 0) is 10.9 Å². The van der Waals surface area contributed by atoms with Crippen molar-refractivity contribution >= 4 is 23.5 Å². The van der Waals surface area contributed by atoms with Gasteiger partial charge in [-0.15, -0.1) is 0 Å².